The van der Waals surface area contributed by atoms with Crippen molar-refractivity contribution < 1.29 is 10.2 Å². The summed E-state index contributed by atoms with van der Waals surface area (Å²) in [5.74, 6) is 0. The Hall–Kier alpha value is -3.98. The molecule has 0 aliphatic rings. The van der Waals surface area contributed by atoms with E-state index in [-0.39, 0.29) is 13.2 Å². The Morgan fingerprint density at radius 2 is 0.559 bits per heavy atom. The molecule has 0 heterocycles. The highest BCUT2D eigenvalue weighted by atomic mass is 16.3. The molecule has 0 saturated heterocycles. The van der Waals surface area contributed by atoms with Gasteiger partial charge in [0.15, 0.2) is 0 Å². The zero-order chi connectivity index (χ0) is 23.3. The first-order valence-electron chi connectivity index (χ1n) is 11.5. The van der Waals surface area contributed by atoms with Crippen LogP contribution in [0.5, 0.6) is 0 Å². The Kier molecular flexibility index (Phi) is 6.35. The van der Waals surface area contributed by atoms with E-state index in [0.29, 0.717) is 0 Å². The number of rotatable bonds is 6. The van der Waals surface area contributed by atoms with E-state index in [4.69, 9.17) is 0 Å². The maximum Gasteiger partial charge on any atom is 0.0691 e. The second kappa shape index (κ2) is 9.88. The lowest BCUT2D eigenvalue weighted by Crippen LogP contribution is -2.06. The zero-order valence-corrected chi connectivity index (χ0v) is 18.9. The van der Waals surface area contributed by atoms with E-state index in [1.165, 1.54) is 0 Å². The topological polar surface area (TPSA) is 40.5 Å². The van der Waals surface area contributed by atoms with Gasteiger partial charge in [0.25, 0.3) is 0 Å². The SMILES string of the molecule is OCc1c(CO)c(-c2ccccc2)c(-c2ccccc2)c(-c2ccccc2)c1-c1ccccc1. The second-order valence-electron chi connectivity index (χ2n) is 8.24. The van der Waals surface area contributed by atoms with Crippen LogP contribution in [0.3, 0.4) is 0 Å². The third-order valence-electron chi connectivity index (χ3n) is 6.28. The van der Waals surface area contributed by atoms with Gasteiger partial charge in [-0.25, -0.2) is 0 Å². The minimum Gasteiger partial charge on any atom is -0.392 e. The summed E-state index contributed by atoms with van der Waals surface area (Å²) in [6.45, 7) is -0.344. The molecule has 0 spiro atoms. The summed E-state index contributed by atoms with van der Waals surface area (Å²) in [4.78, 5) is 0. The zero-order valence-electron chi connectivity index (χ0n) is 18.9. The molecule has 2 heteroatoms. The summed E-state index contributed by atoms with van der Waals surface area (Å²) in [6, 6.07) is 41.0. The molecule has 0 saturated carbocycles. The average Bonchev–Trinajstić information content (AvgIpc) is 2.93. The fraction of sp³-hybridized carbons (Fsp3) is 0.0625. The maximum absolute atomic E-state index is 10.7. The summed E-state index contributed by atoms with van der Waals surface area (Å²) in [5.41, 5.74) is 9.68. The summed E-state index contributed by atoms with van der Waals surface area (Å²) in [5, 5.41) is 21.4. The van der Waals surface area contributed by atoms with Crippen LogP contribution in [-0.2, 0) is 13.2 Å². The molecule has 0 aliphatic heterocycles. The van der Waals surface area contributed by atoms with E-state index in [2.05, 4.69) is 48.5 Å². The molecule has 5 rings (SSSR count). The highest BCUT2D eigenvalue weighted by molar-refractivity contribution is 6.04. The van der Waals surface area contributed by atoms with E-state index in [0.717, 1.165) is 55.6 Å². The first-order valence-corrected chi connectivity index (χ1v) is 11.5. The second-order valence-corrected chi connectivity index (χ2v) is 8.24. The van der Waals surface area contributed by atoms with Crippen LogP contribution < -0.4 is 0 Å². The van der Waals surface area contributed by atoms with Crippen LogP contribution >= 0.6 is 0 Å². The molecule has 2 nitrogen and oxygen atoms in total. The number of hydrogen-bond donors (Lipinski definition) is 2. The lowest BCUT2D eigenvalue weighted by atomic mass is 9.77. The molecular formula is C32H26O2. The first-order chi connectivity index (χ1) is 16.8. The van der Waals surface area contributed by atoms with Crippen molar-refractivity contribution in [2.45, 2.75) is 13.2 Å². The van der Waals surface area contributed by atoms with Crippen LogP contribution in [0.25, 0.3) is 44.5 Å². The largest absolute Gasteiger partial charge is 0.392 e. The van der Waals surface area contributed by atoms with Crippen molar-refractivity contribution >= 4 is 0 Å². The maximum atomic E-state index is 10.7. The molecule has 0 unspecified atom stereocenters. The van der Waals surface area contributed by atoms with Gasteiger partial charge in [-0.1, -0.05) is 121 Å². The van der Waals surface area contributed by atoms with E-state index in [1.807, 2.05) is 72.8 Å². The van der Waals surface area contributed by atoms with Gasteiger partial charge in [-0.05, 0) is 55.6 Å². The van der Waals surface area contributed by atoms with Gasteiger partial charge in [-0.3, -0.25) is 0 Å². The quantitative estimate of drug-likeness (QED) is 0.289. The molecule has 0 fully saturated rings. The molecule has 0 bridgehead atoms. The molecule has 0 amide bonds. The molecule has 34 heavy (non-hydrogen) atoms. The van der Waals surface area contributed by atoms with E-state index in [1.54, 1.807) is 0 Å². The minimum absolute atomic E-state index is 0.172. The molecule has 2 N–H and O–H groups in total. The van der Waals surface area contributed by atoms with Gasteiger partial charge < -0.3 is 10.2 Å². The van der Waals surface area contributed by atoms with Crippen molar-refractivity contribution in [3.63, 3.8) is 0 Å². The summed E-state index contributed by atoms with van der Waals surface area (Å²) in [6.07, 6.45) is 0. The van der Waals surface area contributed by atoms with E-state index >= 15 is 0 Å². The van der Waals surface area contributed by atoms with E-state index in [9.17, 15) is 10.2 Å². The average molecular weight is 443 g/mol. The van der Waals surface area contributed by atoms with Gasteiger partial charge in [0, 0.05) is 0 Å². The lowest BCUT2D eigenvalue weighted by molar-refractivity contribution is 0.261. The molecule has 0 aliphatic carbocycles. The van der Waals surface area contributed by atoms with Gasteiger partial charge in [-0.2, -0.15) is 0 Å². The van der Waals surface area contributed by atoms with Crippen LogP contribution in [-0.4, -0.2) is 10.2 Å². The molecule has 0 aromatic heterocycles. The van der Waals surface area contributed by atoms with Crippen LogP contribution in [0.1, 0.15) is 11.1 Å². The smallest absolute Gasteiger partial charge is 0.0691 e. The van der Waals surface area contributed by atoms with Crippen LogP contribution in [0.2, 0.25) is 0 Å². The highest BCUT2D eigenvalue weighted by Gasteiger charge is 2.26. The van der Waals surface area contributed by atoms with Gasteiger partial charge in [-0.15, -0.1) is 0 Å². The van der Waals surface area contributed by atoms with Gasteiger partial charge >= 0.3 is 0 Å². The molecule has 166 valence electrons. The Labute approximate surface area is 200 Å². The number of hydrogen-bond acceptors (Lipinski definition) is 2. The van der Waals surface area contributed by atoms with Crippen molar-refractivity contribution in [1.29, 1.82) is 0 Å². The third kappa shape index (κ3) is 3.94. The van der Waals surface area contributed by atoms with Gasteiger partial charge in [0.2, 0.25) is 0 Å². The molecule has 5 aromatic carbocycles. The molecule has 0 radical (unpaired) electrons. The minimum atomic E-state index is -0.172. The standard InChI is InChI=1S/C32H26O2/c33-21-27-28(22-34)30(24-15-7-2-8-16-24)32(26-19-11-4-12-20-26)31(25-17-9-3-10-18-25)29(27)23-13-5-1-6-14-23/h1-20,33-34H,21-22H2. The lowest BCUT2D eigenvalue weighted by Gasteiger charge is -2.27. The van der Waals surface area contributed by atoms with Crippen molar-refractivity contribution in [3.05, 3.63) is 132 Å². The highest BCUT2D eigenvalue weighted by Crippen LogP contribution is 2.49. The molecule has 0 atom stereocenters. The Morgan fingerprint density at radius 3 is 0.794 bits per heavy atom. The van der Waals surface area contributed by atoms with Crippen LogP contribution in [0, 0.1) is 0 Å². The van der Waals surface area contributed by atoms with Crippen LogP contribution in [0.15, 0.2) is 121 Å². The predicted octanol–water partition coefficient (Wildman–Crippen LogP) is 7.34. The Morgan fingerprint density at radius 1 is 0.324 bits per heavy atom. The number of benzene rings is 5. The fourth-order valence-corrected chi connectivity index (χ4v) is 4.84. The predicted molar refractivity (Wildman–Crippen MR) is 140 cm³/mol. The summed E-state index contributed by atoms with van der Waals surface area (Å²) >= 11 is 0. The summed E-state index contributed by atoms with van der Waals surface area (Å²) in [7, 11) is 0. The van der Waals surface area contributed by atoms with E-state index < -0.39 is 0 Å². The monoisotopic (exact) mass is 442 g/mol. The molecule has 5 aromatic rings. The van der Waals surface area contributed by atoms with Crippen molar-refractivity contribution in [3.8, 4) is 44.5 Å². The Bertz CT molecular complexity index is 1270. The van der Waals surface area contributed by atoms with Crippen molar-refractivity contribution in [1.82, 2.24) is 0 Å². The fourth-order valence-electron chi connectivity index (χ4n) is 4.84. The summed E-state index contributed by atoms with van der Waals surface area (Å²) < 4.78 is 0. The molecular weight excluding hydrogens is 416 g/mol. The normalized spacial score (nSPS) is 10.9. The number of aliphatic hydroxyl groups is 2. The van der Waals surface area contributed by atoms with Crippen LogP contribution in [0.4, 0.5) is 0 Å². The van der Waals surface area contributed by atoms with Crippen molar-refractivity contribution in [2.24, 2.45) is 0 Å². The third-order valence-corrected chi connectivity index (χ3v) is 6.28. The number of aliphatic hydroxyl groups excluding tert-OH is 2. The van der Waals surface area contributed by atoms with Crippen molar-refractivity contribution in [2.75, 3.05) is 0 Å². The van der Waals surface area contributed by atoms with Gasteiger partial charge in [0.05, 0.1) is 13.2 Å². The van der Waals surface area contributed by atoms with Gasteiger partial charge in [0.1, 0.15) is 0 Å². The first kappa shape index (κ1) is 21.8. The Balaban J connectivity index is 2.05.